The number of nitrogens with zero attached hydrogens (tertiary/aromatic N) is 3. The Labute approximate surface area is 496 Å². The van der Waals surface area contributed by atoms with Crippen molar-refractivity contribution in [3.8, 4) is 33.4 Å². The second kappa shape index (κ2) is 19.0. The molecule has 1 fully saturated rings. The Hall–Kier alpha value is -7.56. The molecule has 9 aromatic rings. The Morgan fingerprint density at radius 3 is 1.54 bits per heavy atom. The lowest BCUT2D eigenvalue weighted by molar-refractivity contribution is 0.261. The van der Waals surface area contributed by atoms with Crippen molar-refractivity contribution in [1.82, 2.24) is 0 Å². The Kier molecular flexibility index (Phi) is 12.2. The van der Waals surface area contributed by atoms with Gasteiger partial charge in [0, 0.05) is 50.8 Å². The van der Waals surface area contributed by atoms with E-state index in [1.165, 1.54) is 137 Å². The first-order valence-corrected chi connectivity index (χ1v) is 31.1. The fourth-order valence-electron chi connectivity index (χ4n) is 15.8. The van der Waals surface area contributed by atoms with Gasteiger partial charge in [0.05, 0.1) is 11.2 Å². The number of rotatable bonds is 6. The van der Waals surface area contributed by atoms with Crippen molar-refractivity contribution in [1.29, 1.82) is 0 Å². The zero-order valence-corrected chi connectivity index (χ0v) is 51.3. The van der Waals surface area contributed by atoms with Crippen molar-refractivity contribution in [3.05, 3.63) is 222 Å². The van der Waals surface area contributed by atoms with Crippen molar-refractivity contribution in [3.63, 3.8) is 0 Å². The predicted octanol–water partition coefficient (Wildman–Crippen LogP) is 19.8. The minimum absolute atomic E-state index is 0.00336. The predicted molar refractivity (Wildman–Crippen MR) is 357 cm³/mol. The average Bonchev–Trinajstić information content (AvgIpc) is 1.81. The van der Waals surface area contributed by atoms with E-state index in [9.17, 15) is 0 Å². The molecule has 3 aliphatic heterocycles. The molecule has 0 aromatic heterocycles. The van der Waals surface area contributed by atoms with Crippen LogP contribution in [0.1, 0.15) is 156 Å². The lowest BCUT2D eigenvalue weighted by Crippen LogP contribution is -2.62. The SMILES string of the molecule is CC(C)(C)c1ccc(N2c3cc4c(cc3B3c5ccc(-c6ccccc6)cc5N(c5cccc(-c6ccccc6)c5)c5cc(N6c7ccc(C(C)(C)C)cc7C7(C)CCCCCC67C)cc2c53)C(C)(C)CCC4(C)C)c(-c2ccccc2)c1. The molecule has 2 unspecified atom stereocenters. The largest absolute Gasteiger partial charge is 0.334 e. The fourth-order valence-corrected chi connectivity index (χ4v) is 15.8. The molecule has 14 rings (SSSR count). The summed E-state index contributed by atoms with van der Waals surface area (Å²) in [6, 6.07) is 75.8. The van der Waals surface area contributed by atoms with E-state index in [2.05, 4.69) is 292 Å². The van der Waals surface area contributed by atoms with E-state index in [-0.39, 0.29) is 39.3 Å². The quantitative estimate of drug-likeness (QED) is 0.154. The van der Waals surface area contributed by atoms with Gasteiger partial charge in [-0.15, -0.1) is 0 Å². The molecule has 416 valence electrons. The van der Waals surface area contributed by atoms with Crippen molar-refractivity contribution < 1.29 is 0 Å². The Morgan fingerprint density at radius 2 is 0.904 bits per heavy atom. The van der Waals surface area contributed by atoms with Crippen LogP contribution < -0.4 is 31.1 Å². The van der Waals surface area contributed by atoms with Crippen LogP contribution in [0.2, 0.25) is 0 Å². The minimum Gasteiger partial charge on any atom is -0.334 e. The third-order valence-corrected chi connectivity index (χ3v) is 21.0. The zero-order valence-electron chi connectivity index (χ0n) is 51.3. The van der Waals surface area contributed by atoms with Crippen molar-refractivity contribution in [2.75, 3.05) is 14.7 Å². The summed E-state index contributed by atoms with van der Waals surface area (Å²) >= 11 is 0. The van der Waals surface area contributed by atoms with Gasteiger partial charge in [-0.05, 0) is 181 Å². The van der Waals surface area contributed by atoms with Gasteiger partial charge < -0.3 is 14.7 Å². The number of anilines is 8. The van der Waals surface area contributed by atoms with Crippen molar-refractivity contribution in [2.45, 2.75) is 161 Å². The topological polar surface area (TPSA) is 9.72 Å². The highest BCUT2D eigenvalue weighted by Gasteiger charge is 2.58. The van der Waals surface area contributed by atoms with Crippen molar-refractivity contribution in [2.24, 2.45) is 0 Å². The maximum atomic E-state index is 2.87. The van der Waals surface area contributed by atoms with Crippen LogP contribution >= 0.6 is 0 Å². The van der Waals surface area contributed by atoms with Gasteiger partial charge in [-0.3, -0.25) is 0 Å². The molecule has 9 aromatic carbocycles. The van der Waals surface area contributed by atoms with E-state index in [1.807, 2.05) is 0 Å². The summed E-state index contributed by atoms with van der Waals surface area (Å²) in [7, 11) is 0. The molecule has 83 heavy (non-hydrogen) atoms. The molecule has 2 atom stereocenters. The van der Waals surface area contributed by atoms with Gasteiger partial charge in [0.25, 0.3) is 6.71 Å². The Balaban J connectivity index is 1.15. The molecule has 4 heteroatoms. The summed E-state index contributed by atoms with van der Waals surface area (Å²) in [5.41, 5.74) is 28.3. The second-order valence-electron chi connectivity index (χ2n) is 29.1. The Morgan fingerprint density at radius 1 is 0.361 bits per heavy atom. The van der Waals surface area contributed by atoms with Gasteiger partial charge in [-0.1, -0.05) is 235 Å². The van der Waals surface area contributed by atoms with Crippen LogP contribution in [0.25, 0.3) is 33.4 Å². The van der Waals surface area contributed by atoms with Gasteiger partial charge in [0.2, 0.25) is 0 Å². The van der Waals surface area contributed by atoms with E-state index in [0.29, 0.717) is 0 Å². The number of hydrogen-bond acceptors (Lipinski definition) is 3. The zero-order chi connectivity index (χ0) is 57.6. The molecular weight excluding hydrogens is 1000 g/mol. The van der Waals surface area contributed by atoms with Crippen LogP contribution in [-0.4, -0.2) is 12.3 Å². The summed E-state index contributed by atoms with van der Waals surface area (Å²) in [6.45, 7) is 29.4. The molecule has 5 aliphatic rings. The monoisotopic (exact) mass is 1080 g/mol. The van der Waals surface area contributed by atoms with Gasteiger partial charge in [-0.25, -0.2) is 0 Å². The number of fused-ring (bicyclic) bond motifs is 8. The third kappa shape index (κ3) is 8.42. The first-order valence-electron chi connectivity index (χ1n) is 31.1. The number of benzene rings is 9. The van der Waals surface area contributed by atoms with Gasteiger partial charge >= 0.3 is 0 Å². The molecule has 0 bridgehead atoms. The van der Waals surface area contributed by atoms with Crippen LogP contribution in [-0.2, 0) is 27.1 Å². The van der Waals surface area contributed by atoms with E-state index in [0.717, 1.165) is 31.4 Å². The van der Waals surface area contributed by atoms with E-state index < -0.39 is 0 Å². The van der Waals surface area contributed by atoms with Crippen molar-refractivity contribution >= 4 is 68.6 Å². The molecule has 0 amide bonds. The minimum atomic E-state index is -0.205. The summed E-state index contributed by atoms with van der Waals surface area (Å²) < 4.78 is 0. The Bertz CT molecular complexity index is 4030. The molecule has 3 nitrogen and oxygen atoms in total. The summed E-state index contributed by atoms with van der Waals surface area (Å²) in [5, 5.41) is 0. The second-order valence-corrected chi connectivity index (χ2v) is 29.1. The molecule has 1 saturated carbocycles. The van der Waals surface area contributed by atoms with E-state index in [4.69, 9.17) is 0 Å². The van der Waals surface area contributed by atoms with Crippen LogP contribution in [0.15, 0.2) is 194 Å². The molecule has 2 aliphatic carbocycles. The first kappa shape index (κ1) is 53.5. The lowest BCUT2D eigenvalue weighted by Gasteiger charge is -2.49. The normalized spacial score (nSPS) is 20.1. The standard InChI is InChI=1S/C79H82BN3/c1-74(2,3)57-35-38-67(61(46-57)54-30-21-15-22-31-54)82-70-51-63-62(76(7,8)42-43-77(63,9)10)50-66(70)80-65-37-34-56(53-28-19-14-20-29-53)45-69(65)81(59-33-25-32-55(44-59)52-26-17-13-18-27-52)71-48-60(49-72(82)73(71)80)83-68-39-36-58(75(4,5)6)47-64(68)78(11)40-23-16-24-41-79(78,83)12/h13-15,17-22,25-39,44-51H,16,23-24,40-43H2,1-12H3. The first-order chi connectivity index (χ1) is 39.6. The molecule has 0 radical (unpaired) electrons. The maximum Gasteiger partial charge on any atom is 0.252 e. The smallest absolute Gasteiger partial charge is 0.252 e. The van der Waals surface area contributed by atoms with Crippen LogP contribution in [0.3, 0.4) is 0 Å². The fraction of sp³-hybridized carbons (Fsp3) is 0.316. The van der Waals surface area contributed by atoms with Gasteiger partial charge in [0.1, 0.15) is 0 Å². The summed E-state index contributed by atoms with van der Waals surface area (Å²) in [5.74, 6) is 0. The molecular formula is C79H82BN3. The molecule has 3 heterocycles. The third-order valence-electron chi connectivity index (χ3n) is 21.0. The van der Waals surface area contributed by atoms with E-state index in [1.54, 1.807) is 0 Å². The highest BCUT2D eigenvalue weighted by Crippen LogP contribution is 2.62. The average molecular weight is 1080 g/mol. The lowest BCUT2D eigenvalue weighted by atomic mass is 9.33. The van der Waals surface area contributed by atoms with E-state index >= 15 is 0 Å². The molecule has 0 spiro atoms. The van der Waals surface area contributed by atoms with Crippen LogP contribution in [0.5, 0.6) is 0 Å². The molecule has 0 saturated heterocycles. The summed E-state index contributed by atoms with van der Waals surface area (Å²) in [4.78, 5) is 8.31. The maximum absolute atomic E-state index is 2.87. The highest BCUT2D eigenvalue weighted by atomic mass is 15.3. The van der Waals surface area contributed by atoms with Gasteiger partial charge in [-0.2, -0.15) is 0 Å². The van der Waals surface area contributed by atoms with Gasteiger partial charge in [0.15, 0.2) is 0 Å². The number of hydrogen-bond donors (Lipinski definition) is 0. The summed E-state index contributed by atoms with van der Waals surface area (Å²) in [6.07, 6.45) is 8.25. The van der Waals surface area contributed by atoms with Crippen LogP contribution in [0, 0.1) is 0 Å². The van der Waals surface area contributed by atoms with Crippen LogP contribution in [0.4, 0.5) is 45.5 Å². The molecule has 0 N–H and O–H groups in total. The highest BCUT2D eigenvalue weighted by molar-refractivity contribution is 7.00.